The number of hydrazone groups is 1. The second-order valence-corrected chi connectivity index (χ2v) is 9.38. The number of aryl methyl sites for hydroxylation is 1. The predicted molar refractivity (Wildman–Crippen MR) is 141 cm³/mol. The molecule has 1 aromatic heterocycles. The number of fused-ring (bicyclic) bond motifs is 1. The van der Waals surface area contributed by atoms with Crippen LogP contribution in [-0.2, 0) is 6.54 Å². The number of carbonyl (C=O) groups excluding carboxylic acids is 1. The molecule has 2 atom stereocenters. The largest absolute Gasteiger partial charge is 0.497 e. The molecular weight excluding hydrogens is 476 g/mol. The van der Waals surface area contributed by atoms with E-state index in [1.165, 1.54) is 0 Å². The number of hydrogen-bond donors (Lipinski definition) is 0. The zero-order valence-corrected chi connectivity index (χ0v) is 21.4. The predicted octanol–water partition coefficient (Wildman–Crippen LogP) is 6.01. The van der Waals surface area contributed by atoms with Gasteiger partial charge in [0.2, 0.25) is 0 Å². The molecule has 3 aromatic rings. The highest BCUT2D eigenvalue weighted by Gasteiger charge is 2.44. The summed E-state index contributed by atoms with van der Waals surface area (Å²) in [7, 11) is 3.30. The molecule has 2 heterocycles. The van der Waals surface area contributed by atoms with Gasteiger partial charge in [-0.1, -0.05) is 35.9 Å². The van der Waals surface area contributed by atoms with E-state index in [4.69, 9.17) is 26.2 Å². The standard InChI is InChI=1S/C28H29ClN4O3/c1-4-32-17-24(29)26(30-32)28(34)33-27(19-10-14-22(36-3)15-11-19)23-7-5-6-20(25(23)31-33)16-18-8-12-21(35-2)13-9-18/h8-17,23,27H,4-7H2,1-3H3. The second-order valence-electron chi connectivity index (χ2n) is 8.98. The van der Waals surface area contributed by atoms with Gasteiger partial charge in [0.25, 0.3) is 5.91 Å². The lowest BCUT2D eigenvalue weighted by Gasteiger charge is -2.29. The second kappa shape index (κ2) is 10.2. The van der Waals surface area contributed by atoms with Crippen LogP contribution in [0.25, 0.3) is 6.08 Å². The molecule has 36 heavy (non-hydrogen) atoms. The lowest BCUT2D eigenvalue weighted by Crippen LogP contribution is -2.32. The van der Waals surface area contributed by atoms with E-state index < -0.39 is 0 Å². The van der Waals surface area contributed by atoms with Crippen LogP contribution in [0.2, 0.25) is 5.02 Å². The number of allylic oxidation sites excluding steroid dienone is 1. The van der Waals surface area contributed by atoms with Gasteiger partial charge in [0, 0.05) is 18.7 Å². The van der Waals surface area contributed by atoms with Crippen LogP contribution in [0.1, 0.15) is 53.8 Å². The molecule has 0 N–H and O–H groups in total. The Morgan fingerprint density at radius 2 is 1.75 bits per heavy atom. The molecule has 2 aliphatic rings. The number of carbonyl (C=O) groups is 1. The normalized spacial score (nSPS) is 20.3. The first-order valence-corrected chi connectivity index (χ1v) is 12.5. The first-order valence-electron chi connectivity index (χ1n) is 12.2. The van der Waals surface area contributed by atoms with E-state index in [1.54, 1.807) is 30.1 Å². The fraction of sp³-hybridized carbons (Fsp3) is 0.321. The van der Waals surface area contributed by atoms with Crippen LogP contribution >= 0.6 is 11.6 Å². The summed E-state index contributed by atoms with van der Waals surface area (Å²) in [6, 6.07) is 15.6. The Hall–Kier alpha value is -3.58. The highest BCUT2D eigenvalue weighted by molar-refractivity contribution is 6.33. The molecule has 0 spiro atoms. The number of rotatable bonds is 6. The van der Waals surface area contributed by atoms with E-state index in [2.05, 4.69) is 11.2 Å². The van der Waals surface area contributed by atoms with Gasteiger partial charge in [0.1, 0.15) is 11.5 Å². The highest BCUT2D eigenvalue weighted by atomic mass is 35.5. The van der Waals surface area contributed by atoms with Crippen LogP contribution in [0.15, 0.2) is 65.4 Å². The van der Waals surface area contributed by atoms with Crippen LogP contribution in [0, 0.1) is 5.92 Å². The van der Waals surface area contributed by atoms with Gasteiger partial charge in [-0.2, -0.15) is 10.2 Å². The summed E-state index contributed by atoms with van der Waals surface area (Å²) >= 11 is 6.43. The maximum absolute atomic E-state index is 13.8. The van der Waals surface area contributed by atoms with Gasteiger partial charge in [-0.05, 0) is 73.2 Å². The third-order valence-corrected chi connectivity index (χ3v) is 7.14. The van der Waals surface area contributed by atoms with E-state index in [0.29, 0.717) is 11.6 Å². The molecule has 186 valence electrons. The summed E-state index contributed by atoms with van der Waals surface area (Å²) < 4.78 is 12.3. The molecular formula is C28H29ClN4O3. The average Bonchev–Trinajstić information content (AvgIpc) is 3.50. The zero-order valence-electron chi connectivity index (χ0n) is 20.6. The van der Waals surface area contributed by atoms with Crippen molar-refractivity contribution in [2.75, 3.05) is 14.2 Å². The Bertz CT molecular complexity index is 1310. The number of nitrogens with zero attached hydrogens (tertiary/aromatic N) is 4. The number of halogens is 1. The Kier molecular flexibility index (Phi) is 6.83. The summed E-state index contributed by atoms with van der Waals surface area (Å²) in [6.07, 6.45) is 6.72. The van der Waals surface area contributed by atoms with Crippen molar-refractivity contribution in [3.05, 3.63) is 82.1 Å². The smallest absolute Gasteiger partial charge is 0.296 e. The highest BCUT2D eigenvalue weighted by Crippen LogP contribution is 2.45. The van der Waals surface area contributed by atoms with Crippen LogP contribution in [-0.4, -0.2) is 40.6 Å². The van der Waals surface area contributed by atoms with Gasteiger partial charge in [-0.15, -0.1) is 0 Å². The molecule has 5 rings (SSSR count). The minimum atomic E-state index is -0.293. The minimum Gasteiger partial charge on any atom is -0.497 e. The summed E-state index contributed by atoms with van der Waals surface area (Å²) in [6.45, 7) is 2.58. The van der Waals surface area contributed by atoms with E-state index in [9.17, 15) is 4.79 Å². The number of ether oxygens (including phenoxy) is 2. The van der Waals surface area contributed by atoms with Crippen molar-refractivity contribution < 1.29 is 14.3 Å². The molecule has 2 aromatic carbocycles. The third kappa shape index (κ3) is 4.51. The van der Waals surface area contributed by atoms with Gasteiger partial charge in [-0.25, -0.2) is 5.01 Å². The number of aromatic nitrogens is 2. The molecule has 0 radical (unpaired) electrons. The van der Waals surface area contributed by atoms with Crippen molar-refractivity contribution in [1.29, 1.82) is 0 Å². The summed E-state index contributed by atoms with van der Waals surface area (Å²) in [5, 5.41) is 11.3. The van der Waals surface area contributed by atoms with Crippen LogP contribution in [0.3, 0.4) is 0 Å². The fourth-order valence-electron chi connectivity index (χ4n) is 5.02. The van der Waals surface area contributed by atoms with E-state index in [1.807, 2.05) is 55.5 Å². The maximum atomic E-state index is 13.8. The molecule has 7 nitrogen and oxygen atoms in total. The third-order valence-electron chi connectivity index (χ3n) is 6.87. The first-order chi connectivity index (χ1) is 17.5. The minimum absolute atomic E-state index is 0.0765. The van der Waals surface area contributed by atoms with Gasteiger partial charge in [0.15, 0.2) is 5.69 Å². The van der Waals surface area contributed by atoms with Gasteiger partial charge in [-0.3, -0.25) is 9.48 Å². The lowest BCUT2D eigenvalue weighted by molar-refractivity contribution is 0.0674. The van der Waals surface area contributed by atoms with E-state index in [0.717, 1.165) is 53.2 Å². The van der Waals surface area contributed by atoms with Gasteiger partial charge < -0.3 is 9.47 Å². The fourth-order valence-corrected chi connectivity index (χ4v) is 5.25. The topological polar surface area (TPSA) is 69.0 Å². The number of amides is 1. The van der Waals surface area contributed by atoms with Crippen LogP contribution in [0.5, 0.6) is 11.5 Å². The van der Waals surface area contributed by atoms with E-state index in [-0.39, 0.29) is 23.6 Å². The quantitative estimate of drug-likeness (QED) is 0.412. The lowest BCUT2D eigenvalue weighted by atomic mass is 9.77. The average molecular weight is 505 g/mol. The first kappa shape index (κ1) is 24.1. The van der Waals surface area contributed by atoms with Crippen molar-refractivity contribution in [3.8, 4) is 11.5 Å². The van der Waals surface area contributed by atoms with Gasteiger partial charge >= 0.3 is 0 Å². The van der Waals surface area contributed by atoms with Crippen molar-refractivity contribution in [1.82, 2.24) is 14.8 Å². The Balaban J connectivity index is 1.56. The monoisotopic (exact) mass is 504 g/mol. The number of hydrogen-bond acceptors (Lipinski definition) is 5. The Labute approximate surface area is 216 Å². The van der Waals surface area contributed by atoms with Crippen molar-refractivity contribution in [2.24, 2.45) is 11.0 Å². The van der Waals surface area contributed by atoms with Crippen molar-refractivity contribution in [2.45, 2.75) is 38.8 Å². The summed E-state index contributed by atoms with van der Waals surface area (Å²) in [5.41, 5.74) is 4.41. The molecule has 1 aliphatic carbocycles. The summed E-state index contributed by atoms with van der Waals surface area (Å²) in [5.74, 6) is 1.37. The molecule has 1 saturated carbocycles. The SMILES string of the molecule is CCn1cc(Cl)c(C(=O)N2N=C3C(=Cc4ccc(OC)cc4)CCCC3C2c2ccc(OC)cc2)n1. The molecule has 0 bridgehead atoms. The van der Waals surface area contributed by atoms with Crippen LogP contribution in [0.4, 0.5) is 0 Å². The molecule has 1 amide bonds. The molecule has 2 unspecified atom stereocenters. The number of benzene rings is 2. The van der Waals surface area contributed by atoms with Gasteiger partial charge in [0.05, 0.1) is 31.0 Å². The van der Waals surface area contributed by atoms with E-state index >= 15 is 0 Å². The maximum Gasteiger partial charge on any atom is 0.296 e. The Morgan fingerprint density at radius 3 is 2.36 bits per heavy atom. The zero-order chi connectivity index (χ0) is 25.2. The Morgan fingerprint density at radius 1 is 1.08 bits per heavy atom. The molecule has 0 saturated heterocycles. The summed E-state index contributed by atoms with van der Waals surface area (Å²) in [4.78, 5) is 13.8. The van der Waals surface area contributed by atoms with Crippen LogP contribution < -0.4 is 9.47 Å². The molecule has 8 heteroatoms. The van der Waals surface area contributed by atoms with Crippen molar-refractivity contribution >= 4 is 29.3 Å². The van der Waals surface area contributed by atoms with Crippen molar-refractivity contribution in [3.63, 3.8) is 0 Å². The molecule has 1 aliphatic heterocycles. The number of methoxy groups -OCH3 is 2. The molecule has 1 fully saturated rings.